The van der Waals surface area contributed by atoms with E-state index in [1.807, 2.05) is 30.3 Å². The average molecular weight is 362 g/mol. The minimum Gasteiger partial charge on any atom is -0.444 e. The molecule has 0 spiro atoms. The maximum absolute atomic E-state index is 12.6. The van der Waals surface area contributed by atoms with Gasteiger partial charge < -0.3 is 20.5 Å². The quantitative estimate of drug-likeness (QED) is 0.620. The summed E-state index contributed by atoms with van der Waals surface area (Å²) in [4.78, 5) is 24.8. The summed E-state index contributed by atoms with van der Waals surface area (Å²) in [7, 11) is 0. The van der Waals surface area contributed by atoms with Crippen molar-refractivity contribution >= 4 is 12.0 Å². The lowest BCUT2D eigenvalue weighted by atomic mass is 10.0. The zero-order valence-electron chi connectivity index (χ0n) is 16.0. The number of hydrogen-bond donors (Lipinski definition) is 3. The number of benzene rings is 1. The molecular weight excluding hydrogens is 332 g/mol. The van der Waals surface area contributed by atoms with Crippen LogP contribution in [0.1, 0.15) is 39.7 Å². The Bertz CT molecular complexity index is 596. The van der Waals surface area contributed by atoms with Gasteiger partial charge in [0.1, 0.15) is 11.6 Å². The van der Waals surface area contributed by atoms with Gasteiger partial charge in [0, 0.05) is 6.42 Å². The van der Waals surface area contributed by atoms with Crippen molar-refractivity contribution in [3.8, 4) is 0 Å². The number of carbonyl (C=O) groups is 2. The van der Waals surface area contributed by atoms with E-state index in [-0.39, 0.29) is 5.91 Å². The van der Waals surface area contributed by atoms with Gasteiger partial charge in [-0.25, -0.2) is 4.79 Å². The van der Waals surface area contributed by atoms with Crippen LogP contribution in [-0.4, -0.2) is 40.9 Å². The fourth-order valence-corrected chi connectivity index (χ4v) is 2.30. The smallest absolute Gasteiger partial charge is 0.408 e. The lowest BCUT2D eigenvalue weighted by molar-refractivity contribution is -0.124. The predicted octanol–water partition coefficient (Wildman–Crippen LogP) is 2.56. The van der Waals surface area contributed by atoms with E-state index in [9.17, 15) is 14.7 Å². The highest BCUT2D eigenvalue weighted by Gasteiger charge is 2.26. The molecule has 0 heterocycles. The lowest BCUT2D eigenvalue weighted by Gasteiger charge is -2.25. The number of amides is 2. The first-order chi connectivity index (χ1) is 12.1. The van der Waals surface area contributed by atoms with Gasteiger partial charge in [0.05, 0.1) is 12.1 Å². The van der Waals surface area contributed by atoms with Crippen LogP contribution < -0.4 is 10.6 Å². The molecule has 3 atom stereocenters. The van der Waals surface area contributed by atoms with Gasteiger partial charge in [0.25, 0.3) is 0 Å². The first-order valence-corrected chi connectivity index (χ1v) is 8.75. The van der Waals surface area contributed by atoms with Crippen molar-refractivity contribution < 1.29 is 19.4 Å². The third kappa shape index (κ3) is 8.16. The number of alkyl carbamates (subject to hydrolysis) is 1. The topological polar surface area (TPSA) is 87.7 Å². The molecule has 0 aromatic heterocycles. The van der Waals surface area contributed by atoms with Crippen LogP contribution in [0.5, 0.6) is 0 Å². The van der Waals surface area contributed by atoms with Crippen molar-refractivity contribution in [3.05, 3.63) is 48.6 Å². The Kier molecular flexibility index (Phi) is 8.32. The number of aliphatic hydroxyl groups excluding tert-OH is 1. The SMILES string of the molecule is C=CC[C@@H](O)[C@H](C)NC(=O)[C@H](Cc1ccccc1)NC(=O)OC(C)(C)C. The second-order valence-electron chi connectivity index (χ2n) is 7.28. The van der Waals surface area contributed by atoms with Crippen molar-refractivity contribution in [2.45, 2.75) is 64.3 Å². The molecule has 0 unspecified atom stereocenters. The van der Waals surface area contributed by atoms with E-state index in [2.05, 4.69) is 17.2 Å². The Hall–Kier alpha value is -2.34. The standard InChI is InChI=1S/C20H30N2O4/c1-6-10-17(23)14(2)21-18(24)16(13-15-11-8-7-9-12-15)22-19(25)26-20(3,4)5/h6-9,11-12,14,16-17,23H,1,10,13H2,2-5H3,(H,21,24)(H,22,25)/t14-,16-,17+/m0/s1. The summed E-state index contributed by atoms with van der Waals surface area (Å²) in [6, 6.07) is 8.10. The largest absolute Gasteiger partial charge is 0.444 e. The first-order valence-electron chi connectivity index (χ1n) is 8.75. The van der Waals surface area contributed by atoms with Crippen LogP contribution in [0.3, 0.4) is 0 Å². The minimum atomic E-state index is -0.814. The predicted molar refractivity (Wildman–Crippen MR) is 102 cm³/mol. The summed E-state index contributed by atoms with van der Waals surface area (Å²) in [5.74, 6) is -0.379. The molecule has 0 aliphatic carbocycles. The first kappa shape index (κ1) is 21.7. The highest BCUT2D eigenvalue weighted by Crippen LogP contribution is 2.09. The molecule has 1 aromatic carbocycles. The molecule has 2 amide bonds. The molecule has 0 saturated carbocycles. The van der Waals surface area contributed by atoms with E-state index < -0.39 is 29.9 Å². The summed E-state index contributed by atoms with van der Waals surface area (Å²) >= 11 is 0. The van der Waals surface area contributed by atoms with E-state index in [0.717, 1.165) is 5.56 Å². The molecule has 144 valence electrons. The number of ether oxygens (including phenoxy) is 1. The lowest BCUT2D eigenvalue weighted by Crippen LogP contribution is -2.53. The van der Waals surface area contributed by atoms with Crippen molar-refractivity contribution in [3.63, 3.8) is 0 Å². The Morgan fingerprint density at radius 1 is 1.23 bits per heavy atom. The highest BCUT2D eigenvalue weighted by atomic mass is 16.6. The van der Waals surface area contributed by atoms with Gasteiger partial charge in [0.15, 0.2) is 0 Å². The maximum atomic E-state index is 12.6. The molecule has 1 aromatic rings. The summed E-state index contributed by atoms with van der Waals surface area (Å²) in [6.45, 7) is 10.6. The van der Waals surface area contributed by atoms with Crippen molar-refractivity contribution in [1.29, 1.82) is 0 Å². The van der Waals surface area contributed by atoms with Crippen LogP contribution in [0, 0.1) is 0 Å². The molecule has 0 aliphatic heterocycles. The molecule has 3 N–H and O–H groups in total. The van der Waals surface area contributed by atoms with Crippen LogP contribution in [-0.2, 0) is 16.0 Å². The summed E-state index contributed by atoms with van der Waals surface area (Å²) < 4.78 is 5.25. The molecule has 26 heavy (non-hydrogen) atoms. The molecule has 0 radical (unpaired) electrons. The second-order valence-corrected chi connectivity index (χ2v) is 7.28. The molecule has 1 rings (SSSR count). The van der Waals surface area contributed by atoms with Gasteiger partial charge in [-0.05, 0) is 39.7 Å². The molecule has 0 saturated heterocycles. The van der Waals surface area contributed by atoms with Crippen molar-refractivity contribution in [2.75, 3.05) is 0 Å². The fraction of sp³-hybridized carbons (Fsp3) is 0.500. The number of aliphatic hydroxyl groups is 1. The normalized spacial score (nSPS) is 14.7. The van der Waals surface area contributed by atoms with Gasteiger partial charge in [-0.2, -0.15) is 0 Å². The molecule has 0 aliphatic rings. The Morgan fingerprint density at radius 3 is 2.38 bits per heavy atom. The van der Waals surface area contributed by atoms with Gasteiger partial charge in [-0.1, -0.05) is 36.4 Å². The minimum absolute atomic E-state index is 0.316. The maximum Gasteiger partial charge on any atom is 0.408 e. The van der Waals surface area contributed by atoms with Gasteiger partial charge in [0.2, 0.25) is 5.91 Å². The van der Waals surface area contributed by atoms with E-state index in [4.69, 9.17) is 4.74 Å². The molecule has 0 fully saturated rings. The van der Waals surface area contributed by atoms with Gasteiger partial charge >= 0.3 is 6.09 Å². The summed E-state index contributed by atoms with van der Waals surface area (Å²) in [6.07, 6.45) is 0.872. The zero-order chi connectivity index (χ0) is 19.7. The van der Waals surface area contributed by atoms with Crippen LogP contribution in [0.25, 0.3) is 0 Å². The molecular formula is C20H30N2O4. The fourth-order valence-electron chi connectivity index (χ4n) is 2.30. The molecule has 0 bridgehead atoms. The number of rotatable bonds is 8. The van der Waals surface area contributed by atoms with Crippen LogP contribution in [0.15, 0.2) is 43.0 Å². The monoisotopic (exact) mass is 362 g/mol. The van der Waals surface area contributed by atoms with E-state index in [1.165, 1.54) is 0 Å². The summed E-state index contributed by atoms with van der Waals surface area (Å²) in [5, 5.41) is 15.3. The third-order valence-electron chi connectivity index (χ3n) is 3.65. The molecule has 6 nitrogen and oxygen atoms in total. The van der Waals surface area contributed by atoms with Crippen LogP contribution in [0.2, 0.25) is 0 Å². The van der Waals surface area contributed by atoms with E-state index in [0.29, 0.717) is 12.8 Å². The Balaban J connectivity index is 2.83. The zero-order valence-corrected chi connectivity index (χ0v) is 16.0. The van der Waals surface area contributed by atoms with Crippen molar-refractivity contribution in [1.82, 2.24) is 10.6 Å². The van der Waals surface area contributed by atoms with Crippen LogP contribution in [0.4, 0.5) is 4.79 Å². The summed E-state index contributed by atoms with van der Waals surface area (Å²) in [5.41, 5.74) is 0.244. The number of nitrogens with one attached hydrogen (secondary N) is 2. The number of hydrogen-bond acceptors (Lipinski definition) is 4. The van der Waals surface area contributed by atoms with Crippen LogP contribution >= 0.6 is 0 Å². The number of carbonyl (C=O) groups excluding carboxylic acids is 2. The van der Waals surface area contributed by atoms with E-state index in [1.54, 1.807) is 33.8 Å². The van der Waals surface area contributed by atoms with Gasteiger partial charge in [-0.15, -0.1) is 6.58 Å². The van der Waals surface area contributed by atoms with E-state index >= 15 is 0 Å². The van der Waals surface area contributed by atoms with Crippen molar-refractivity contribution in [2.24, 2.45) is 0 Å². The Labute approximate surface area is 155 Å². The average Bonchev–Trinajstić information content (AvgIpc) is 2.53. The molecule has 6 heteroatoms. The second kappa shape index (κ2) is 9.97. The third-order valence-corrected chi connectivity index (χ3v) is 3.65. The highest BCUT2D eigenvalue weighted by molar-refractivity contribution is 5.86. The van der Waals surface area contributed by atoms with Gasteiger partial charge in [-0.3, -0.25) is 4.79 Å². The Morgan fingerprint density at radius 2 is 1.85 bits per heavy atom.